The van der Waals surface area contributed by atoms with Crippen LogP contribution < -0.4 is 14.2 Å². The zero-order valence-electron chi connectivity index (χ0n) is 21.7. The maximum atomic E-state index is 11.6. The summed E-state index contributed by atoms with van der Waals surface area (Å²) in [6.07, 6.45) is 0. The van der Waals surface area contributed by atoms with Crippen molar-refractivity contribution >= 4 is 11.8 Å². The third-order valence-electron chi connectivity index (χ3n) is 5.84. The van der Waals surface area contributed by atoms with Crippen molar-refractivity contribution in [1.82, 2.24) is 14.8 Å². The van der Waals surface area contributed by atoms with Gasteiger partial charge in [-0.15, -0.1) is 10.2 Å². The molecule has 11 heteroatoms. The van der Waals surface area contributed by atoms with Crippen LogP contribution in [0.15, 0.2) is 71.9 Å². The van der Waals surface area contributed by atoms with Crippen molar-refractivity contribution in [2.45, 2.75) is 30.9 Å². The van der Waals surface area contributed by atoms with Gasteiger partial charge in [0.05, 0.1) is 25.3 Å². The zero-order chi connectivity index (χ0) is 27.8. The number of benzene rings is 3. The third kappa shape index (κ3) is 6.66. The Morgan fingerprint density at radius 3 is 2.54 bits per heavy atom. The van der Waals surface area contributed by atoms with Crippen molar-refractivity contribution in [3.05, 3.63) is 99.4 Å². The number of hydrogen-bond donors (Lipinski definition) is 0. The highest BCUT2D eigenvalue weighted by molar-refractivity contribution is 7.99. The molecule has 3 aromatic carbocycles. The number of aryl methyl sites for hydroxylation is 1. The Balaban J connectivity index is 1.60. The van der Waals surface area contributed by atoms with Gasteiger partial charge in [-0.3, -0.25) is 14.7 Å². The number of nitrogens with zero attached hydrogens (tertiary/aromatic N) is 5. The summed E-state index contributed by atoms with van der Waals surface area (Å²) in [6, 6.07) is 22.1. The van der Waals surface area contributed by atoms with Gasteiger partial charge in [-0.25, -0.2) is 0 Å². The highest BCUT2D eigenvalue weighted by Crippen LogP contribution is 2.39. The fourth-order valence-electron chi connectivity index (χ4n) is 3.96. The SMILES string of the molecule is CCOc1ccc(-n2c(C)nnc2S[C@@H](C[N+](=O)[O-])c2ccc(OCc3ccccc3C#N)c(OC)c2)cc1. The van der Waals surface area contributed by atoms with Gasteiger partial charge in [0.1, 0.15) is 23.4 Å². The Kier molecular flexibility index (Phi) is 9.01. The van der Waals surface area contributed by atoms with Crippen molar-refractivity contribution in [3.63, 3.8) is 0 Å². The summed E-state index contributed by atoms with van der Waals surface area (Å²) in [4.78, 5) is 11.3. The minimum absolute atomic E-state index is 0.178. The van der Waals surface area contributed by atoms with Crippen molar-refractivity contribution in [3.8, 4) is 29.0 Å². The molecule has 1 aromatic heterocycles. The third-order valence-corrected chi connectivity index (χ3v) is 7.02. The van der Waals surface area contributed by atoms with Gasteiger partial charge in [-0.2, -0.15) is 5.26 Å². The molecule has 0 saturated carbocycles. The Morgan fingerprint density at radius 1 is 1.08 bits per heavy atom. The molecule has 1 atom stereocenters. The Bertz CT molecular complexity index is 1480. The lowest BCUT2D eigenvalue weighted by atomic mass is 10.1. The summed E-state index contributed by atoms with van der Waals surface area (Å²) in [5.41, 5.74) is 2.78. The molecular formula is C28H27N5O5S. The molecule has 0 aliphatic carbocycles. The lowest BCUT2D eigenvalue weighted by Crippen LogP contribution is -2.11. The molecule has 0 fully saturated rings. The van der Waals surface area contributed by atoms with Crippen molar-refractivity contribution < 1.29 is 19.1 Å². The maximum absolute atomic E-state index is 11.6. The van der Waals surface area contributed by atoms with E-state index in [4.69, 9.17) is 14.2 Å². The van der Waals surface area contributed by atoms with Crippen LogP contribution in [0, 0.1) is 28.4 Å². The van der Waals surface area contributed by atoms with Crippen LogP contribution in [0.5, 0.6) is 17.2 Å². The summed E-state index contributed by atoms with van der Waals surface area (Å²) in [5, 5.41) is 29.4. The average molecular weight is 546 g/mol. The first-order valence-corrected chi connectivity index (χ1v) is 13.0. The Labute approximate surface area is 230 Å². The second kappa shape index (κ2) is 12.8. The smallest absolute Gasteiger partial charge is 0.220 e. The van der Waals surface area contributed by atoms with Gasteiger partial charge in [0.2, 0.25) is 6.54 Å². The van der Waals surface area contributed by atoms with Crippen LogP contribution >= 0.6 is 11.8 Å². The Morgan fingerprint density at radius 2 is 1.85 bits per heavy atom. The lowest BCUT2D eigenvalue weighted by Gasteiger charge is -2.17. The number of methoxy groups -OCH3 is 1. The topological polar surface area (TPSA) is 125 Å². The molecule has 200 valence electrons. The van der Waals surface area contributed by atoms with Crippen LogP contribution in [-0.4, -0.2) is 39.9 Å². The van der Waals surface area contributed by atoms with Crippen molar-refractivity contribution in [2.24, 2.45) is 0 Å². The number of rotatable bonds is 12. The van der Waals surface area contributed by atoms with Gasteiger partial charge in [0.15, 0.2) is 16.7 Å². The van der Waals surface area contributed by atoms with Crippen LogP contribution in [-0.2, 0) is 6.61 Å². The molecular weight excluding hydrogens is 518 g/mol. The molecule has 0 saturated heterocycles. The molecule has 0 spiro atoms. The standard InChI is InChI=1S/C28H27N5O5S/c1-4-37-24-12-10-23(11-13-24)33-19(2)30-31-28(33)39-27(17-32(34)35)20-9-14-25(26(15-20)36-3)38-18-22-8-6-5-7-21(22)16-29/h5-15,27H,4,17-18H2,1-3H3/t27-/m0/s1. The fraction of sp³-hybridized carbons (Fsp3) is 0.250. The van der Waals surface area contributed by atoms with Gasteiger partial charge < -0.3 is 14.2 Å². The van der Waals surface area contributed by atoms with E-state index in [1.54, 1.807) is 30.3 Å². The molecule has 4 rings (SSSR count). The van der Waals surface area contributed by atoms with Crippen LogP contribution in [0.1, 0.15) is 34.7 Å². The minimum Gasteiger partial charge on any atom is -0.494 e. The number of nitro groups is 1. The molecule has 0 aliphatic heterocycles. The van der Waals surface area contributed by atoms with Crippen LogP contribution in [0.2, 0.25) is 0 Å². The van der Waals surface area contributed by atoms with E-state index in [1.807, 2.05) is 54.8 Å². The van der Waals surface area contributed by atoms with E-state index in [-0.39, 0.29) is 18.1 Å². The highest BCUT2D eigenvalue weighted by Gasteiger charge is 2.25. The van der Waals surface area contributed by atoms with Gasteiger partial charge in [0, 0.05) is 16.2 Å². The number of thioether (sulfide) groups is 1. The quantitative estimate of drug-likeness (QED) is 0.128. The van der Waals surface area contributed by atoms with Crippen molar-refractivity contribution in [1.29, 1.82) is 5.26 Å². The first kappa shape index (κ1) is 27.5. The van der Waals surface area contributed by atoms with Gasteiger partial charge in [0.25, 0.3) is 0 Å². The summed E-state index contributed by atoms with van der Waals surface area (Å²) >= 11 is 1.25. The second-order valence-corrected chi connectivity index (χ2v) is 9.55. The van der Waals surface area contributed by atoms with Gasteiger partial charge in [-0.05, 0) is 61.9 Å². The summed E-state index contributed by atoms with van der Waals surface area (Å²) < 4.78 is 18.9. The molecule has 0 aliphatic rings. The lowest BCUT2D eigenvalue weighted by molar-refractivity contribution is -0.479. The van der Waals surface area contributed by atoms with Gasteiger partial charge in [-0.1, -0.05) is 36.0 Å². The largest absolute Gasteiger partial charge is 0.494 e. The molecule has 39 heavy (non-hydrogen) atoms. The molecule has 0 amide bonds. The van der Waals surface area contributed by atoms with Crippen molar-refractivity contribution in [2.75, 3.05) is 20.3 Å². The number of ether oxygens (including phenoxy) is 3. The van der Waals surface area contributed by atoms with Crippen LogP contribution in [0.3, 0.4) is 0 Å². The fourth-order valence-corrected chi connectivity index (χ4v) is 5.13. The number of nitriles is 1. The normalized spacial score (nSPS) is 11.4. The van der Waals surface area contributed by atoms with Gasteiger partial charge >= 0.3 is 0 Å². The highest BCUT2D eigenvalue weighted by atomic mass is 32.2. The first-order valence-electron chi connectivity index (χ1n) is 12.2. The molecule has 0 N–H and O–H groups in total. The molecule has 0 radical (unpaired) electrons. The monoisotopic (exact) mass is 545 g/mol. The summed E-state index contributed by atoms with van der Waals surface area (Å²) in [6.45, 7) is 4.16. The summed E-state index contributed by atoms with van der Waals surface area (Å²) in [7, 11) is 1.51. The van der Waals surface area contributed by atoms with E-state index in [9.17, 15) is 15.4 Å². The maximum Gasteiger partial charge on any atom is 0.220 e. The van der Waals surface area contributed by atoms with E-state index >= 15 is 0 Å². The van der Waals surface area contributed by atoms with Crippen LogP contribution in [0.25, 0.3) is 5.69 Å². The molecule has 10 nitrogen and oxygen atoms in total. The summed E-state index contributed by atoms with van der Waals surface area (Å²) in [5.74, 6) is 2.30. The Hall–Kier alpha value is -4.56. The number of aromatic nitrogens is 3. The predicted molar refractivity (Wildman–Crippen MR) is 146 cm³/mol. The molecule has 1 heterocycles. The van der Waals surface area contributed by atoms with E-state index in [1.165, 1.54) is 18.9 Å². The first-order chi connectivity index (χ1) is 18.9. The van der Waals surface area contributed by atoms with E-state index in [0.717, 1.165) is 17.0 Å². The predicted octanol–water partition coefficient (Wildman–Crippen LogP) is 5.54. The number of hydrogen-bond acceptors (Lipinski definition) is 9. The average Bonchev–Trinajstić information content (AvgIpc) is 3.31. The second-order valence-electron chi connectivity index (χ2n) is 8.38. The zero-order valence-corrected chi connectivity index (χ0v) is 22.6. The van der Waals surface area contributed by atoms with E-state index in [2.05, 4.69) is 16.3 Å². The van der Waals surface area contributed by atoms with E-state index in [0.29, 0.717) is 40.2 Å². The van der Waals surface area contributed by atoms with E-state index < -0.39 is 5.25 Å². The minimum atomic E-state index is -0.577. The molecule has 4 aromatic rings. The van der Waals surface area contributed by atoms with Crippen LogP contribution in [0.4, 0.5) is 0 Å². The molecule has 0 unspecified atom stereocenters. The molecule has 0 bridgehead atoms.